The monoisotopic (exact) mass is 430 g/mol. The number of halogens is 2. The molecule has 0 spiro atoms. The van der Waals surface area contributed by atoms with Crippen molar-refractivity contribution in [1.82, 2.24) is 0 Å². The highest BCUT2D eigenvalue weighted by molar-refractivity contribution is 14.1. The third-order valence-electron chi connectivity index (χ3n) is 3.26. The molecule has 2 aromatic rings. The highest BCUT2D eigenvalue weighted by Crippen LogP contribution is 2.38. The van der Waals surface area contributed by atoms with E-state index in [-0.39, 0.29) is 0 Å². The molecule has 0 saturated carbocycles. The maximum Gasteiger partial charge on any atom is 0.128 e. The van der Waals surface area contributed by atoms with Crippen molar-refractivity contribution in [3.05, 3.63) is 61.1 Å². The maximum absolute atomic E-state index is 10.6. The molecule has 0 bridgehead atoms. The lowest BCUT2D eigenvalue weighted by Crippen LogP contribution is -2.02. The van der Waals surface area contributed by atoms with E-state index in [0.29, 0.717) is 6.61 Å². The Morgan fingerprint density at radius 2 is 1.95 bits per heavy atom. The van der Waals surface area contributed by atoms with Gasteiger partial charge in [-0.1, -0.05) is 28.1 Å². The molecule has 19 heavy (non-hydrogen) atoms. The predicted molar refractivity (Wildman–Crippen MR) is 86.6 cm³/mol. The first-order chi connectivity index (χ1) is 9.15. The van der Waals surface area contributed by atoms with Crippen LogP contribution in [0.2, 0.25) is 0 Å². The lowest BCUT2D eigenvalue weighted by molar-refractivity contribution is 0.213. The van der Waals surface area contributed by atoms with Crippen molar-refractivity contribution in [2.75, 3.05) is 6.61 Å². The molecule has 0 radical (unpaired) electrons. The Bertz CT molecular complexity index is 610. The summed E-state index contributed by atoms with van der Waals surface area (Å²) in [5.41, 5.74) is 2.88. The lowest BCUT2D eigenvalue weighted by atomic mass is 9.98. The van der Waals surface area contributed by atoms with E-state index in [4.69, 9.17) is 4.74 Å². The van der Waals surface area contributed by atoms with E-state index in [1.165, 1.54) is 0 Å². The van der Waals surface area contributed by atoms with Crippen molar-refractivity contribution in [2.45, 2.75) is 12.5 Å². The van der Waals surface area contributed by atoms with Crippen molar-refractivity contribution in [3.63, 3.8) is 0 Å². The van der Waals surface area contributed by atoms with E-state index in [0.717, 1.165) is 36.9 Å². The topological polar surface area (TPSA) is 29.5 Å². The van der Waals surface area contributed by atoms with Gasteiger partial charge < -0.3 is 9.84 Å². The molecule has 0 aliphatic carbocycles. The fourth-order valence-corrected chi connectivity index (χ4v) is 3.21. The molecule has 1 heterocycles. The van der Waals surface area contributed by atoms with Crippen LogP contribution in [0.4, 0.5) is 0 Å². The zero-order valence-electron chi connectivity index (χ0n) is 10.1. The molecule has 0 fully saturated rings. The largest absolute Gasteiger partial charge is 0.493 e. The van der Waals surface area contributed by atoms with Gasteiger partial charge in [-0.05, 0) is 58.0 Å². The quantitative estimate of drug-likeness (QED) is 0.727. The van der Waals surface area contributed by atoms with Gasteiger partial charge in [0, 0.05) is 20.0 Å². The molecule has 1 aliphatic rings. The van der Waals surface area contributed by atoms with Crippen LogP contribution in [0.5, 0.6) is 5.75 Å². The molecule has 0 saturated heterocycles. The minimum absolute atomic E-state index is 0.652. The fourth-order valence-electron chi connectivity index (χ4n) is 2.33. The molecule has 0 amide bonds. The van der Waals surface area contributed by atoms with Crippen LogP contribution >= 0.6 is 38.5 Å². The SMILES string of the molecule is OC(c1ccc(I)cc1)c1cc(Br)cc2c1OCC2. The van der Waals surface area contributed by atoms with E-state index in [2.05, 4.69) is 44.6 Å². The number of fused-ring (bicyclic) bond motifs is 1. The maximum atomic E-state index is 10.6. The normalized spacial score (nSPS) is 14.9. The van der Waals surface area contributed by atoms with Crippen molar-refractivity contribution in [2.24, 2.45) is 0 Å². The summed E-state index contributed by atoms with van der Waals surface area (Å²) in [5.74, 6) is 0.842. The van der Waals surface area contributed by atoms with E-state index < -0.39 is 6.10 Å². The molecular formula is C15H12BrIO2. The zero-order valence-corrected chi connectivity index (χ0v) is 13.8. The first-order valence-corrected chi connectivity index (χ1v) is 7.91. The highest BCUT2D eigenvalue weighted by Gasteiger charge is 2.23. The molecule has 98 valence electrons. The number of aliphatic hydroxyl groups excluding tert-OH is 1. The second kappa shape index (κ2) is 5.42. The van der Waals surface area contributed by atoms with Gasteiger partial charge >= 0.3 is 0 Å². The van der Waals surface area contributed by atoms with Gasteiger partial charge in [-0.3, -0.25) is 0 Å². The summed E-state index contributed by atoms with van der Waals surface area (Å²) in [7, 11) is 0. The van der Waals surface area contributed by atoms with Gasteiger partial charge in [-0.2, -0.15) is 0 Å². The number of hydrogen-bond donors (Lipinski definition) is 1. The highest BCUT2D eigenvalue weighted by atomic mass is 127. The molecule has 1 atom stereocenters. The summed E-state index contributed by atoms with van der Waals surface area (Å²) >= 11 is 5.76. The van der Waals surface area contributed by atoms with E-state index in [1.807, 2.05) is 30.3 Å². The molecule has 0 aromatic heterocycles. The van der Waals surface area contributed by atoms with Gasteiger partial charge in [-0.15, -0.1) is 0 Å². The summed E-state index contributed by atoms with van der Waals surface area (Å²) in [5, 5.41) is 10.6. The summed E-state index contributed by atoms with van der Waals surface area (Å²) in [4.78, 5) is 0. The van der Waals surface area contributed by atoms with E-state index >= 15 is 0 Å². The molecule has 3 rings (SSSR count). The molecule has 1 unspecified atom stereocenters. The first kappa shape index (κ1) is 13.4. The summed E-state index contributed by atoms with van der Waals surface area (Å²) in [6, 6.07) is 11.9. The Kier molecular flexibility index (Phi) is 3.82. The number of ether oxygens (including phenoxy) is 1. The van der Waals surface area contributed by atoms with Crippen LogP contribution in [-0.4, -0.2) is 11.7 Å². The third kappa shape index (κ3) is 2.66. The Morgan fingerprint density at radius 3 is 2.68 bits per heavy atom. The minimum atomic E-state index is -0.652. The Hall–Kier alpha value is -0.590. The van der Waals surface area contributed by atoms with E-state index in [9.17, 15) is 5.11 Å². The number of aliphatic hydroxyl groups is 1. The molecule has 2 aromatic carbocycles. The number of rotatable bonds is 2. The van der Waals surface area contributed by atoms with Crippen molar-refractivity contribution in [1.29, 1.82) is 0 Å². The van der Waals surface area contributed by atoms with Crippen molar-refractivity contribution in [3.8, 4) is 5.75 Å². The molecule has 4 heteroatoms. The molecule has 1 aliphatic heterocycles. The van der Waals surface area contributed by atoms with Crippen molar-refractivity contribution >= 4 is 38.5 Å². The number of benzene rings is 2. The second-order valence-electron chi connectivity index (χ2n) is 4.54. The smallest absolute Gasteiger partial charge is 0.128 e. The average molecular weight is 431 g/mol. The van der Waals surface area contributed by atoms with Crippen LogP contribution in [0.25, 0.3) is 0 Å². The van der Waals surface area contributed by atoms with Crippen LogP contribution in [-0.2, 0) is 6.42 Å². The minimum Gasteiger partial charge on any atom is -0.493 e. The Balaban J connectivity index is 2.04. The molecular weight excluding hydrogens is 419 g/mol. The zero-order chi connectivity index (χ0) is 13.4. The van der Waals surface area contributed by atoms with Gasteiger partial charge in [0.15, 0.2) is 0 Å². The van der Waals surface area contributed by atoms with E-state index in [1.54, 1.807) is 0 Å². The molecule has 1 N–H and O–H groups in total. The second-order valence-corrected chi connectivity index (χ2v) is 6.70. The summed E-state index contributed by atoms with van der Waals surface area (Å²) in [6.07, 6.45) is 0.252. The van der Waals surface area contributed by atoms with Crippen LogP contribution in [0, 0.1) is 3.57 Å². The van der Waals surface area contributed by atoms with Gasteiger partial charge in [0.05, 0.1) is 6.61 Å². The predicted octanol–water partition coefficient (Wildman–Crippen LogP) is 4.07. The third-order valence-corrected chi connectivity index (χ3v) is 4.43. The lowest BCUT2D eigenvalue weighted by Gasteiger charge is -2.15. The standard InChI is InChI=1S/C15H12BrIO2/c16-11-7-10-5-6-19-15(10)13(8-11)14(18)9-1-3-12(17)4-2-9/h1-4,7-8,14,18H,5-6H2. The Labute approximate surface area is 134 Å². The fraction of sp³-hybridized carbons (Fsp3) is 0.200. The van der Waals surface area contributed by atoms with Crippen LogP contribution in [0.1, 0.15) is 22.8 Å². The molecule has 2 nitrogen and oxygen atoms in total. The first-order valence-electron chi connectivity index (χ1n) is 6.04. The van der Waals surface area contributed by atoms with Crippen LogP contribution < -0.4 is 4.74 Å². The van der Waals surface area contributed by atoms with Gasteiger partial charge in [0.2, 0.25) is 0 Å². The van der Waals surface area contributed by atoms with Crippen molar-refractivity contribution < 1.29 is 9.84 Å². The average Bonchev–Trinajstić information content (AvgIpc) is 2.85. The Morgan fingerprint density at radius 1 is 1.21 bits per heavy atom. The van der Waals surface area contributed by atoms with Gasteiger partial charge in [-0.25, -0.2) is 0 Å². The summed E-state index contributed by atoms with van der Waals surface area (Å²) < 4.78 is 7.81. The van der Waals surface area contributed by atoms with Crippen LogP contribution in [0.3, 0.4) is 0 Å². The number of hydrogen-bond acceptors (Lipinski definition) is 2. The van der Waals surface area contributed by atoms with Gasteiger partial charge in [0.25, 0.3) is 0 Å². The summed E-state index contributed by atoms with van der Waals surface area (Å²) in [6.45, 7) is 0.693. The van der Waals surface area contributed by atoms with Gasteiger partial charge in [0.1, 0.15) is 11.9 Å². The van der Waals surface area contributed by atoms with Crippen LogP contribution in [0.15, 0.2) is 40.9 Å².